The number of nitrogens with one attached hydrogen (secondary N) is 2. The lowest BCUT2D eigenvalue weighted by Gasteiger charge is -2.10. The Kier molecular flexibility index (Phi) is 7.50. The van der Waals surface area contributed by atoms with Crippen molar-refractivity contribution in [1.29, 1.82) is 0 Å². The maximum atomic E-state index is 13.8. The van der Waals surface area contributed by atoms with Gasteiger partial charge in [0.2, 0.25) is 11.0 Å². The van der Waals surface area contributed by atoms with Crippen molar-refractivity contribution in [3.05, 3.63) is 87.9 Å². The Morgan fingerprint density at radius 2 is 1.89 bits per heavy atom. The van der Waals surface area contributed by atoms with E-state index in [0.717, 1.165) is 39.7 Å². The number of benzene rings is 2. The number of aromatic nitrogens is 3. The van der Waals surface area contributed by atoms with Gasteiger partial charge in [0.15, 0.2) is 0 Å². The minimum absolute atomic E-state index is 0.0740. The maximum Gasteiger partial charge on any atom is 0.260 e. The first kappa shape index (κ1) is 24.7. The van der Waals surface area contributed by atoms with Crippen LogP contribution < -0.4 is 15.5 Å². The zero-order chi connectivity index (χ0) is 25.7. The number of nitrogens with zero attached hydrogens (tertiary/aromatic N) is 4. The van der Waals surface area contributed by atoms with Gasteiger partial charge in [-0.3, -0.25) is 14.9 Å². The summed E-state index contributed by atoms with van der Waals surface area (Å²) < 4.78 is 21.1. The number of carbonyl (C=O) groups excluding carboxylic acids is 2. The van der Waals surface area contributed by atoms with Crippen molar-refractivity contribution in [1.82, 2.24) is 20.2 Å². The lowest BCUT2D eigenvalue weighted by atomic mass is 10.2. The molecule has 2 aromatic carbocycles. The zero-order valence-corrected chi connectivity index (χ0v) is 20.6. The first-order chi connectivity index (χ1) is 17.4. The number of ether oxygens (including phenoxy) is 1. The Morgan fingerprint density at radius 3 is 2.61 bits per heavy atom. The highest BCUT2D eigenvalue weighted by Gasteiger charge is 2.15. The third-order valence-electron chi connectivity index (χ3n) is 5.31. The van der Waals surface area contributed by atoms with E-state index in [1.807, 2.05) is 44.2 Å². The van der Waals surface area contributed by atoms with Crippen molar-refractivity contribution in [3.63, 3.8) is 0 Å². The average Bonchev–Trinajstić information content (AvgIpc) is 3.41. The molecule has 11 heteroatoms. The van der Waals surface area contributed by atoms with Crippen LogP contribution in [-0.4, -0.2) is 39.9 Å². The summed E-state index contributed by atoms with van der Waals surface area (Å²) in [6.07, 6.45) is 1.51. The Balaban J connectivity index is 1.34. The highest BCUT2D eigenvalue weighted by Crippen LogP contribution is 2.22. The smallest absolute Gasteiger partial charge is 0.260 e. The second kappa shape index (κ2) is 10.9. The SMILES string of the molecule is COc1ccc(-n2c(C)cc(/C=N\NC(=O)Cc3nnc(NC(=O)c4ccccc4F)s3)c2C)cc1. The van der Waals surface area contributed by atoms with Crippen LogP contribution in [0.4, 0.5) is 9.52 Å². The number of rotatable bonds is 8. The molecular formula is C25H23FN6O3S. The quantitative estimate of drug-likeness (QED) is 0.277. The third-order valence-corrected chi connectivity index (χ3v) is 6.15. The highest BCUT2D eigenvalue weighted by atomic mass is 32.1. The fourth-order valence-electron chi connectivity index (χ4n) is 3.58. The largest absolute Gasteiger partial charge is 0.497 e. The Labute approximate surface area is 210 Å². The number of hydrogen-bond donors (Lipinski definition) is 2. The fourth-order valence-corrected chi connectivity index (χ4v) is 4.32. The second-order valence-electron chi connectivity index (χ2n) is 7.76. The van der Waals surface area contributed by atoms with Crippen LogP contribution in [0.15, 0.2) is 59.7 Å². The molecule has 36 heavy (non-hydrogen) atoms. The molecule has 0 radical (unpaired) electrons. The fraction of sp³-hybridized carbons (Fsp3) is 0.160. The van der Waals surface area contributed by atoms with Gasteiger partial charge in [0.05, 0.1) is 25.3 Å². The van der Waals surface area contributed by atoms with Crippen molar-refractivity contribution in [2.24, 2.45) is 5.10 Å². The molecule has 0 spiro atoms. The summed E-state index contributed by atoms with van der Waals surface area (Å²) in [7, 11) is 1.63. The van der Waals surface area contributed by atoms with Crippen LogP contribution in [0, 0.1) is 19.7 Å². The molecule has 4 aromatic rings. The molecule has 0 unspecified atom stereocenters. The maximum absolute atomic E-state index is 13.8. The minimum atomic E-state index is -0.642. The van der Waals surface area contributed by atoms with Crippen LogP contribution in [0.3, 0.4) is 0 Å². The van der Waals surface area contributed by atoms with E-state index in [4.69, 9.17) is 4.74 Å². The minimum Gasteiger partial charge on any atom is -0.497 e. The van der Waals surface area contributed by atoms with Crippen LogP contribution in [0.1, 0.15) is 32.3 Å². The van der Waals surface area contributed by atoms with Crippen molar-refractivity contribution in [2.75, 3.05) is 12.4 Å². The van der Waals surface area contributed by atoms with Crippen LogP contribution in [0.25, 0.3) is 5.69 Å². The van der Waals surface area contributed by atoms with E-state index >= 15 is 0 Å². The molecule has 9 nitrogen and oxygen atoms in total. The van der Waals surface area contributed by atoms with Gasteiger partial charge in [0.1, 0.15) is 16.6 Å². The third kappa shape index (κ3) is 5.63. The number of halogens is 1. The van der Waals surface area contributed by atoms with Crippen molar-refractivity contribution in [2.45, 2.75) is 20.3 Å². The van der Waals surface area contributed by atoms with E-state index in [9.17, 15) is 14.0 Å². The van der Waals surface area contributed by atoms with Crippen molar-refractivity contribution < 1.29 is 18.7 Å². The highest BCUT2D eigenvalue weighted by molar-refractivity contribution is 7.15. The molecule has 2 N–H and O–H groups in total. The van der Waals surface area contributed by atoms with E-state index in [0.29, 0.717) is 5.01 Å². The zero-order valence-electron chi connectivity index (χ0n) is 19.8. The van der Waals surface area contributed by atoms with Crippen molar-refractivity contribution >= 4 is 34.5 Å². The molecule has 0 bridgehead atoms. The van der Waals surface area contributed by atoms with E-state index in [-0.39, 0.29) is 17.1 Å². The molecule has 184 valence electrons. The normalized spacial score (nSPS) is 11.0. The summed E-state index contributed by atoms with van der Waals surface area (Å²) in [5.74, 6) is -0.891. The molecule has 2 amide bonds. The summed E-state index contributed by atoms with van der Waals surface area (Å²) in [4.78, 5) is 24.5. The number of hydrazone groups is 1. The van der Waals surface area contributed by atoms with Gasteiger partial charge in [0.25, 0.3) is 5.91 Å². The summed E-state index contributed by atoms with van der Waals surface area (Å²) >= 11 is 1.03. The van der Waals surface area contributed by atoms with Gasteiger partial charge in [-0.15, -0.1) is 10.2 Å². The monoisotopic (exact) mass is 506 g/mol. The van der Waals surface area contributed by atoms with Gasteiger partial charge in [0, 0.05) is 22.6 Å². The molecule has 0 saturated carbocycles. The van der Waals surface area contributed by atoms with Crippen LogP contribution in [-0.2, 0) is 11.2 Å². The molecule has 2 aromatic heterocycles. The van der Waals surface area contributed by atoms with Gasteiger partial charge in [-0.05, 0) is 56.3 Å². The molecule has 4 rings (SSSR count). The predicted octanol–water partition coefficient (Wildman–Crippen LogP) is 4.04. The Bertz CT molecular complexity index is 1430. The van der Waals surface area contributed by atoms with Gasteiger partial charge < -0.3 is 9.30 Å². The lowest BCUT2D eigenvalue weighted by Crippen LogP contribution is -2.19. The van der Waals surface area contributed by atoms with E-state index in [1.165, 1.54) is 18.2 Å². The van der Waals surface area contributed by atoms with Gasteiger partial charge in [-0.1, -0.05) is 23.5 Å². The Hall–Kier alpha value is -4.38. The average molecular weight is 507 g/mol. The molecular weight excluding hydrogens is 483 g/mol. The number of methoxy groups -OCH3 is 1. The lowest BCUT2D eigenvalue weighted by molar-refractivity contribution is -0.120. The number of carbonyl (C=O) groups is 2. The summed E-state index contributed by atoms with van der Waals surface area (Å²) in [5.41, 5.74) is 6.21. The predicted molar refractivity (Wildman–Crippen MR) is 135 cm³/mol. The molecule has 0 aliphatic carbocycles. The summed E-state index contributed by atoms with van der Waals surface area (Å²) in [6, 6.07) is 15.3. The summed E-state index contributed by atoms with van der Waals surface area (Å²) in [5, 5.41) is 14.8. The topological polar surface area (TPSA) is 110 Å². The second-order valence-corrected chi connectivity index (χ2v) is 8.83. The van der Waals surface area contributed by atoms with Crippen LogP contribution in [0.2, 0.25) is 0 Å². The van der Waals surface area contributed by atoms with Gasteiger partial charge in [-0.2, -0.15) is 5.10 Å². The number of anilines is 1. The molecule has 0 saturated heterocycles. The first-order valence-electron chi connectivity index (χ1n) is 10.9. The van der Waals surface area contributed by atoms with E-state index in [1.54, 1.807) is 19.4 Å². The molecule has 2 heterocycles. The standard InChI is InChI=1S/C25H23FN6O3S/c1-15-12-17(16(2)32(15)18-8-10-19(35-3)11-9-18)14-27-29-22(33)13-23-30-31-25(36-23)28-24(34)20-6-4-5-7-21(20)26/h4-12,14H,13H2,1-3H3,(H,29,33)(H,28,31,34)/b27-14-. The number of aryl methyl sites for hydroxylation is 1. The molecule has 0 aliphatic heterocycles. The molecule has 0 atom stereocenters. The van der Waals surface area contributed by atoms with E-state index in [2.05, 4.69) is 30.6 Å². The molecule has 0 fully saturated rings. The van der Waals surface area contributed by atoms with E-state index < -0.39 is 17.6 Å². The molecule has 0 aliphatic rings. The Morgan fingerprint density at radius 1 is 1.14 bits per heavy atom. The number of amides is 2. The van der Waals surface area contributed by atoms with Crippen molar-refractivity contribution in [3.8, 4) is 11.4 Å². The van der Waals surface area contributed by atoms with Gasteiger partial charge >= 0.3 is 0 Å². The first-order valence-corrected chi connectivity index (χ1v) is 11.7. The van der Waals surface area contributed by atoms with Gasteiger partial charge in [-0.25, -0.2) is 9.82 Å². The summed E-state index contributed by atoms with van der Waals surface area (Å²) in [6.45, 7) is 3.96. The van der Waals surface area contributed by atoms with Crippen LogP contribution in [0.5, 0.6) is 5.75 Å². The van der Waals surface area contributed by atoms with Crippen LogP contribution >= 0.6 is 11.3 Å². The number of hydrogen-bond acceptors (Lipinski definition) is 7.